The molecule has 0 aliphatic rings. The van der Waals surface area contributed by atoms with Crippen LogP contribution in [0.3, 0.4) is 0 Å². The second-order valence-corrected chi connectivity index (χ2v) is 8.01. The standard InChI is InChI=1S/C20H20Cl2N4O4S/c1-26-18(10-30-16-8-12(21)4-6-14(16)22)24-25-20(26)31-11-19(27)23-15-7-5-13(28-2)9-17(15)29-3/h4-9H,10-11H2,1-3H3,(H,23,27). The summed E-state index contributed by atoms with van der Waals surface area (Å²) >= 11 is 13.3. The van der Waals surface area contributed by atoms with E-state index in [1.807, 2.05) is 0 Å². The summed E-state index contributed by atoms with van der Waals surface area (Å²) in [7, 11) is 4.89. The molecule has 1 aromatic heterocycles. The topological polar surface area (TPSA) is 87.5 Å². The molecule has 8 nitrogen and oxygen atoms in total. The monoisotopic (exact) mass is 482 g/mol. The van der Waals surface area contributed by atoms with Crippen molar-refractivity contribution in [3.63, 3.8) is 0 Å². The number of aromatic nitrogens is 3. The number of thioether (sulfide) groups is 1. The van der Waals surface area contributed by atoms with Gasteiger partial charge in [0.05, 0.1) is 30.7 Å². The molecule has 0 radical (unpaired) electrons. The minimum Gasteiger partial charge on any atom is -0.497 e. The molecule has 0 bridgehead atoms. The molecule has 0 aliphatic heterocycles. The number of ether oxygens (including phenoxy) is 3. The molecule has 0 saturated carbocycles. The molecule has 3 aromatic rings. The number of benzene rings is 2. The zero-order valence-corrected chi connectivity index (χ0v) is 19.3. The molecule has 0 aliphatic carbocycles. The molecule has 11 heteroatoms. The molecule has 164 valence electrons. The fourth-order valence-electron chi connectivity index (χ4n) is 2.54. The molecule has 0 spiro atoms. The first kappa shape index (κ1) is 23.1. The number of amides is 1. The van der Waals surface area contributed by atoms with Crippen LogP contribution < -0.4 is 19.5 Å². The van der Waals surface area contributed by atoms with Gasteiger partial charge in [0, 0.05) is 24.2 Å². The van der Waals surface area contributed by atoms with Crippen LogP contribution in [0.25, 0.3) is 0 Å². The summed E-state index contributed by atoms with van der Waals surface area (Å²) in [6.07, 6.45) is 0. The molecule has 3 rings (SSSR count). The third-order valence-corrected chi connectivity index (χ3v) is 5.76. The average Bonchev–Trinajstić information content (AvgIpc) is 3.12. The minimum absolute atomic E-state index is 0.141. The van der Waals surface area contributed by atoms with E-state index in [4.69, 9.17) is 37.4 Å². The lowest BCUT2D eigenvalue weighted by Crippen LogP contribution is -2.15. The number of hydrogen-bond acceptors (Lipinski definition) is 7. The van der Waals surface area contributed by atoms with E-state index in [2.05, 4.69) is 15.5 Å². The Morgan fingerprint density at radius 1 is 1.10 bits per heavy atom. The highest BCUT2D eigenvalue weighted by Crippen LogP contribution is 2.30. The predicted octanol–water partition coefficient (Wildman–Crippen LogP) is 4.45. The maximum absolute atomic E-state index is 12.4. The molecule has 31 heavy (non-hydrogen) atoms. The normalized spacial score (nSPS) is 10.6. The number of methoxy groups -OCH3 is 2. The molecule has 0 saturated heterocycles. The van der Waals surface area contributed by atoms with Gasteiger partial charge in [-0.2, -0.15) is 0 Å². The Balaban J connectivity index is 1.57. The summed E-state index contributed by atoms with van der Waals surface area (Å²) in [5.41, 5.74) is 0.555. The molecule has 1 heterocycles. The largest absolute Gasteiger partial charge is 0.497 e. The number of anilines is 1. The van der Waals surface area contributed by atoms with Crippen molar-refractivity contribution in [3.05, 3.63) is 52.3 Å². The lowest BCUT2D eigenvalue weighted by Gasteiger charge is -2.11. The Kier molecular flexibility index (Phi) is 7.89. The van der Waals surface area contributed by atoms with Crippen molar-refractivity contribution in [3.8, 4) is 17.2 Å². The zero-order chi connectivity index (χ0) is 22.4. The Labute approximate surface area is 193 Å². The second-order valence-electron chi connectivity index (χ2n) is 6.22. The van der Waals surface area contributed by atoms with Crippen molar-refractivity contribution in [1.82, 2.24) is 14.8 Å². The fraction of sp³-hybridized carbons (Fsp3) is 0.250. The molecule has 1 N–H and O–H groups in total. The predicted molar refractivity (Wildman–Crippen MR) is 121 cm³/mol. The molecular formula is C20H20Cl2N4O4S. The summed E-state index contributed by atoms with van der Waals surface area (Å²) < 4.78 is 17.9. The zero-order valence-electron chi connectivity index (χ0n) is 17.0. The summed E-state index contributed by atoms with van der Waals surface area (Å²) in [6, 6.07) is 10.1. The van der Waals surface area contributed by atoms with Gasteiger partial charge in [0.25, 0.3) is 0 Å². The number of nitrogens with one attached hydrogen (secondary N) is 1. The van der Waals surface area contributed by atoms with Crippen LogP contribution in [0.1, 0.15) is 5.82 Å². The highest BCUT2D eigenvalue weighted by molar-refractivity contribution is 7.99. The third kappa shape index (κ3) is 5.96. The first-order valence-corrected chi connectivity index (χ1v) is 10.8. The minimum atomic E-state index is -0.208. The maximum Gasteiger partial charge on any atom is 0.234 e. The summed E-state index contributed by atoms with van der Waals surface area (Å²) in [5, 5.41) is 12.6. The fourth-order valence-corrected chi connectivity index (χ4v) is 3.61. The Hall–Kier alpha value is -2.62. The van der Waals surface area contributed by atoms with Gasteiger partial charge in [-0.25, -0.2) is 0 Å². The van der Waals surface area contributed by atoms with Gasteiger partial charge in [0.1, 0.15) is 23.9 Å². The van der Waals surface area contributed by atoms with Crippen LogP contribution in [0, 0.1) is 0 Å². The highest BCUT2D eigenvalue weighted by atomic mass is 35.5. The summed E-state index contributed by atoms with van der Waals surface area (Å²) in [5.74, 6) is 2.12. The van der Waals surface area contributed by atoms with Gasteiger partial charge in [0.15, 0.2) is 11.0 Å². The van der Waals surface area contributed by atoms with Crippen molar-refractivity contribution in [1.29, 1.82) is 0 Å². The van der Waals surface area contributed by atoms with E-state index in [0.717, 1.165) is 0 Å². The first-order valence-electron chi connectivity index (χ1n) is 9.02. The van der Waals surface area contributed by atoms with Crippen LogP contribution in [0.2, 0.25) is 10.0 Å². The number of carbonyl (C=O) groups excluding carboxylic acids is 1. The van der Waals surface area contributed by atoms with E-state index >= 15 is 0 Å². The van der Waals surface area contributed by atoms with E-state index in [-0.39, 0.29) is 18.3 Å². The smallest absolute Gasteiger partial charge is 0.234 e. The number of nitrogens with zero attached hydrogens (tertiary/aromatic N) is 3. The van der Waals surface area contributed by atoms with Gasteiger partial charge in [-0.15, -0.1) is 10.2 Å². The first-order chi connectivity index (χ1) is 14.9. The summed E-state index contributed by atoms with van der Waals surface area (Å²) in [4.78, 5) is 12.4. The van der Waals surface area contributed by atoms with Gasteiger partial charge in [0.2, 0.25) is 5.91 Å². The molecule has 2 aromatic carbocycles. The molecule has 1 amide bonds. The second kappa shape index (κ2) is 10.6. The van der Waals surface area contributed by atoms with Crippen molar-refractivity contribution in [2.45, 2.75) is 11.8 Å². The number of rotatable bonds is 9. The Morgan fingerprint density at radius 2 is 1.90 bits per heavy atom. The van der Waals surface area contributed by atoms with Crippen LogP contribution in [-0.4, -0.2) is 40.6 Å². The molecular weight excluding hydrogens is 463 g/mol. The SMILES string of the molecule is COc1ccc(NC(=O)CSc2nnc(COc3cc(Cl)ccc3Cl)n2C)c(OC)c1. The van der Waals surface area contributed by atoms with Crippen LogP contribution >= 0.6 is 35.0 Å². The van der Waals surface area contributed by atoms with Gasteiger partial charge >= 0.3 is 0 Å². The van der Waals surface area contributed by atoms with E-state index in [0.29, 0.717) is 44.0 Å². The quantitative estimate of drug-likeness (QED) is 0.450. The highest BCUT2D eigenvalue weighted by Gasteiger charge is 2.14. The van der Waals surface area contributed by atoms with Crippen LogP contribution in [0.15, 0.2) is 41.6 Å². The van der Waals surface area contributed by atoms with E-state index < -0.39 is 0 Å². The maximum atomic E-state index is 12.4. The Bertz CT molecular complexity index is 1080. The third-order valence-electron chi connectivity index (χ3n) is 4.19. The molecule has 0 fully saturated rings. The van der Waals surface area contributed by atoms with Gasteiger partial charge in [-0.3, -0.25) is 4.79 Å². The summed E-state index contributed by atoms with van der Waals surface area (Å²) in [6.45, 7) is 0.152. The van der Waals surface area contributed by atoms with Crippen LogP contribution in [-0.2, 0) is 18.4 Å². The Morgan fingerprint density at radius 3 is 2.65 bits per heavy atom. The number of hydrogen-bond donors (Lipinski definition) is 1. The van der Waals surface area contributed by atoms with Crippen molar-refractivity contribution in [2.24, 2.45) is 7.05 Å². The van der Waals surface area contributed by atoms with Crippen molar-refractivity contribution in [2.75, 3.05) is 25.3 Å². The van der Waals surface area contributed by atoms with Gasteiger partial charge < -0.3 is 24.1 Å². The number of halogens is 2. The average molecular weight is 483 g/mol. The molecule has 0 atom stereocenters. The lowest BCUT2D eigenvalue weighted by molar-refractivity contribution is -0.113. The van der Waals surface area contributed by atoms with Crippen molar-refractivity contribution >= 4 is 46.6 Å². The van der Waals surface area contributed by atoms with Gasteiger partial charge in [-0.05, 0) is 24.3 Å². The molecule has 0 unspecified atom stereocenters. The van der Waals surface area contributed by atoms with Gasteiger partial charge in [-0.1, -0.05) is 35.0 Å². The van der Waals surface area contributed by atoms with E-state index in [1.165, 1.54) is 18.9 Å². The van der Waals surface area contributed by atoms with Crippen molar-refractivity contribution < 1.29 is 19.0 Å². The van der Waals surface area contributed by atoms with E-state index in [9.17, 15) is 4.79 Å². The van der Waals surface area contributed by atoms with Crippen LogP contribution in [0.5, 0.6) is 17.2 Å². The van der Waals surface area contributed by atoms with E-state index in [1.54, 1.807) is 55.1 Å². The lowest BCUT2D eigenvalue weighted by atomic mass is 10.2. The number of carbonyl (C=O) groups is 1. The van der Waals surface area contributed by atoms with Crippen LogP contribution in [0.4, 0.5) is 5.69 Å².